The molecule has 0 aromatic heterocycles. The zero-order chi connectivity index (χ0) is 36.8. The fourth-order valence-corrected chi connectivity index (χ4v) is 9.65. The van der Waals surface area contributed by atoms with E-state index < -0.39 is 5.41 Å². The van der Waals surface area contributed by atoms with E-state index in [9.17, 15) is 0 Å². The van der Waals surface area contributed by atoms with Crippen LogP contribution in [0.1, 0.15) is 22.3 Å². The molecular weight excluding hydrogens is 683 g/mol. The Morgan fingerprint density at radius 3 is 1.71 bits per heavy atom. The van der Waals surface area contributed by atoms with Crippen LogP contribution in [0.25, 0.3) is 44.2 Å². The summed E-state index contributed by atoms with van der Waals surface area (Å²) >= 11 is 0. The molecule has 2 aliphatic carbocycles. The van der Waals surface area contributed by atoms with Crippen molar-refractivity contribution in [1.29, 1.82) is 0 Å². The van der Waals surface area contributed by atoms with Crippen LogP contribution in [-0.2, 0) is 5.41 Å². The molecule has 0 radical (unpaired) electrons. The Labute approximate surface area is 325 Å². The molecule has 3 nitrogen and oxygen atoms in total. The van der Waals surface area contributed by atoms with E-state index in [-0.39, 0.29) is 0 Å². The molecule has 0 N–H and O–H groups in total. The van der Waals surface area contributed by atoms with Gasteiger partial charge in [0, 0.05) is 16.8 Å². The second-order valence-electron chi connectivity index (χ2n) is 14.8. The van der Waals surface area contributed by atoms with Gasteiger partial charge in [0.2, 0.25) is 0 Å². The highest BCUT2D eigenvalue weighted by molar-refractivity contribution is 5.99. The molecular formula is C53H33NO2. The summed E-state index contributed by atoms with van der Waals surface area (Å²) in [6.07, 6.45) is 0. The molecule has 1 spiro atoms. The number of ether oxygens (including phenoxy) is 2. The number of para-hydroxylation sites is 2. The first kappa shape index (κ1) is 31.0. The van der Waals surface area contributed by atoms with Gasteiger partial charge in [-0.2, -0.15) is 0 Å². The summed E-state index contributed by atoms with van der Waals surface area (Å²) in [7, 11) is 0. The molecule has 1 heterocycles. The van der Waals surface area contributed by atoms with Crippen molar-refractivity contribution in [2.24, 2.45) is 0 Å². The van der Waals surface area contributed by atoms with Crippen LogP contribution in [0.2, 0.25) is 0 Å². The first-order valence-corrected chi connectivity index (χ1v) is 19.2. The van der Waals surface area contributed by atoms with Crippen LogP contribution in [0, 0.1) is 0 Å². The minimum atomic E-state index is -0.483. The van der Waals surface area contributed by atoms with Crippen molar-refractivity contribution in [1.82, 2.24) is 0 Å². The second kappa shape index (κ2) is 11.8. The highest BCUT2D eigenvalue weighted by Crippen LogP contribution is 2.67. The van der Waals surface area contributed by atoms with Gasteiger partial charge in [0.1, 0.15) is 0 Å². The van der Waals surface area contributed by atoms with E-state index in [2.05, 4.69) is 199 Å². The number of fused-ring (bicyclic) bond motifs is 14. The van der Waals surface area contributed by atoms with Gasteiger partial charge in [-0.25, -0.2) is 0 Å². The maximum Gasteiger partial charge on any atom is 0.194 e. The van der Waals surface area contributed by atoms with Crippen molar-refractivity contribution >= 4 is 27.8 Å². The summed E-state index contributed by atoms with van der Waals surface area (Å²) in [5, 5.41) is 2.35. The van der Waals surface area contributed by atoms with Crippen molar-refractivity contribution in [3.63, 3.8) is 0 Å². The van der Waals surface area contributed by atoms with Crippen LogP contribution in [0.5, 0.6) is 23.0 Å². The number of benzene rings is 9. The topological polar surface area (TPSA) is 21.7 Å². The molecule has 0 unspecified atom stereocenters. The lowest BCUT2D eigenvalue weighted by molar-refractivity contribution is 0.361. The molecule has 3 aliphatic rings. The van der Waals surface area contributed by atoms with Gasteiger partial charge in [0.15, 0.2) is 23.0 Å². The van der Waals surface area contributed by atoms with Gasteiger partial charge in [-0.15, -0.1) is 0 Å². The summed E-state index contributed by atoms with van der Waals surface area (Å²) in [4.78, 5) is 2.32. The summed E-state index contributed by atoms with van der Waals surface area (Å²) in [6.45, 7) is 0. The van der Waals surface area contributed by atoms with Crippen LogP contribution < -0.4 is 14.4 Å². The molecule has 0 amide bonds. The predicted octanol–water partition coefficient (Wildman–Crippen LogP) is 14.2. The molecule has 1 aliphatic heterocycles. The molecule has 0 saturated carbocycles. The third-order valence-electron chi connectivity index (χ3n) is 11.9. The van der Waals surface area contributed by atoms with Crippen molar-refractivity contribution in [2.75, 3.05) is 4.90 Å². The number of rotatable bonds is 4. The Bertz CT molecular complexity index is 3010. The zero-order valence-corrected chi connectivity index (χ0v) is 30.3. The quantitative estimate of drug-likeness (QED) is 0.181. The Kier molecular flexibility index (Phi) is 6.55. The van der Waals surface area contributed by atoms with Crippen LogP contribution in [-0.4, -0.2) is 0 Å². The monoisotopic (exact) mass is 715 g/mol. The number of nitrogens with zero attached hydrogens (tertiary/aromatic N) is 1. The standard InChI is InChI=1S/C53H33NO2/c1-2-16-35(17-3-1)38-19-9-13-26-46(38)54(37-30-29-34-15-4-5-18-36(34)33-37)47-27-14-28-48-51(47)56-52-49(55-48)32-31-45-50(52)41-22-8-12-25-44(41)53(45)42-23-10-6-20-39(42)40-21-7-11-24-43(40)53/h1-33H. The fraction of sp³-hybridized carbons (Fsp3) is 0.0189. The highest BCUT2D eigenvalue weighted by Gasteiger charge is 2.53. The number of hydrogen-bond donors (Lipinski definition) is 0. The number of hydrogen-bond acceptors (Lipinski definition) is 3. The first-order valence-electron chi connectivity index (χ1n) is 19.2. The molecule has 0 atom stereocenters. The Hall–Kier alpha value is -7.36. The smallest absolute Gasteiger partial charge is 0.194 e. The summed E-state index contributed by atoms with van der Waals surface area (Å²) < 4.78 is 14.3. The summed E-state index contributed by atoms with van der Waals surface area (Å²) in [5.74, 6) is 2.80. The average molecular weight is 716 g/mol. The van der Waals surface area contributed by atoms with Gasteiger partial charge in [-0.05, 0) is 91.7 Å². The van der Waals surface area contributed by atoms with Gasteiger partial charge in [0.25, 0.3) is 0 Å². The van der Waals surface area contributed by atoms with Gasteiger partial charge in [-0.1, -0.05) is 164 Å². The Balaban J connectivity index is 1.09. The second-order valence-corrected chi connectivity index (χ2v) is 14.8. The number of anilines is 3. The largest absolute Gasteiger partial charge is 0.449 e. The minimum absolute atomic E-state index is 0.483. The third kappa shape index (κ3) is 4.22. The van der Waals surface area contributed by atoms with E-state index in [1.54, 1.807) is 0 Å². The van der Waals surface area contributed by atoms with Crippen LogP contribution in [0.15, 0.2) is 200 Å². The molecule has 9 aromatic rings. The van der Waals surface area contributed by atoms with Crippen molar-refractivity contribution in [3.8, 4) is 56.4 Å². The minimum Gasteiger partial charge on any atom is -0.449 e. The van der Waals surface area contributed by atoms with E-state index in [0.717, 1.165) is 50.5 Å². The lowest BCUT2D eigenvalue weighted by Gasteiger charge is -2.33. The van der Waals surface area contributed by atoms with Crippen LogP contribution in [0.3, 0.4) is 0 Å². The molecule has 12 rings (SSSR count). The SMILES string of the molecule is c1ccc(-c2ccccc2N(c2ccc3ccccc3c2)c2cccc3c2Oc2c(ccc4c2-c2ccccc2C42c4ccccc4-c4ccccc42)O3)cc1. The molecule has 0 fully saturated rings. The molecule has 0 bridgehead atoms. The van der Waals surface area contributed by atoms with Gasteiger partial charge < -0.3 is 14.4 Å². The summed E-state index contributed by atoms with van der Waals surface area (Å²) in [5.41, 5.74) is 14.6. The maximum atomic E-state index is 7.38. The van der Waals surface area contributed by atoms with Crippen molar-refractivity contribution in [3.05, 3.63) is 222 Å². The van der Waals surface area contributed by atoms with Crippen molar-refractivity contribution < 1.29 is 9.47 Å². The third-order valence-corrected chi connectivity index (χ3v) is 11.9. The fourth-order valence-electron chi connectivity index (χ4n) is 9.65. The van der Waals surface area contributed by atoms with E-state index >= 15 is 0 Å². The zero-order valence-electron chi connectivity index (χ0n) is 30.3. The predicted molar refractivity (Wildman–Crippen MR) is 227 cm³/mol. The van der Waals surface area contributed by atoms with Crippen LogP contribution >= 0.6 is 0 Å². The Morgan fingerprint density at radius 2 is 0.946 bits per heavy atom. The maximum absolute atomic E-state index is 7.38. The lowest BCUT2D eigenvalue weighted by atomic mass is 9.70. The molecule has 0 saturated heterocycles. The normalized spacial score (nSPS) is 13.4. The molecule has 56 heavy (non-hydrogen) atoms. The lowest BCUT2D eigenvalue weighted by Crippen LogP contribution is -2.25. The van der Waals surface area contributed by atoms with Gasteiger partial charge >= 0.3 is 0 Å². The van der Waals surface area contributed by atoms with E-state index in [0.29, 0.717) is 17.2 Å². The molecule has 3 heteroatoms. The van der Waals surface area contributed by atoms with Crippen molar-refractivity contribution in [2.45, 2.75) is 5.41 Å². The Morgan fingerprint density at radius 1 is 0.357 bits per heavy atom. The van der Waals surface area contributed by atoms with Gasteiger partial charge in [0.05, 0.1) is 16.8 Å². The van der Waals surface area contributed by atoms with E-state index in [4.69, 9.17) is 9.47 Å². The first-order chi connectivity index (χ1) is 27.8. The van der Waals surface area contributed by atoms with E-state index in [1.165, 1.54) is 38.8 Å². The molecule has 9 aromatic carbocycles. The van der Waals surface area contributed by atoms with E-state index in [1.807, 2.05) is 6.07 Å². The summed E-state index contributed by atoms with van der Waals surface area (Å²) in [6, 6.07) is 71.6. The van der Waals surface area contributed by atoms with Gasteiger partial charge in [-0.3, -0.25) is 0 Å². The highest BCUT2D eigenvalue weighted by atomic mass is 16.6. The molecule has 262 valence electrons. The van der Waals surface area contributed by atoms with Crippen LogP contribution in [0.4, 0.5) is 17.1 Å². The average Bonchev–Trinajstić information content (AvgIpc) is 3.74.